The summed E-state index contributed by atoms with van der Waals surface area (Å²) < 4.78 is 1.90. The topological polar surface area (TPSA) is 62.7 Å². The van der Waals surface area contributed by atoms with Gasteiger partial charge in [-0.25, -0.2) is 4.68 Å². The summed E-state index contributed by atoms with van der Waals surface area (Å²) in [5.74, 6) is 0. The highest BCUT2D eigenvalue weighted by molar-refractivity contribution is 5.74. The summed E-state index contributed by atoms with van der Waals surface area (Å²) in [6.45, 7) is 3.73. The molecule has 15 heavy (non-hydrogen) atoms. The van der Waals surface area contributed by atoms with Crippen molar-refractivity contribution in [2.24, 2.45) is 0 Å². The van der Waals surface area contributed by atoms with Crippen molar-refractivity contribution in [3.63, 3.8) is 0 Å². The van der Waals surface area contributed by atoms with Gasteiger partial charge in [0.15, 0.2) is 5.43 Å². The van der Waals surface area contributed by atoms with Crippen LogP contribution in [0.1, 0.15) is 11.7 Å². The first-order valence-corrected chi connectivity index (χ1v) is 5.03. The van der Waals surface area contributed by atoms with E-state index in [-0.39, 0.29) is 5.43 Å². The van der Waals surface area contributed by atoms with Crippen LogP contribution in [-0.4, -0.2) is 27.9 Å². The second kappa shape index (κ2) is 2.93. The van der Waals surface area contributed by atoms with Gasteiger partial charge in [-0.3, -0.25) is 4.79 Å². The van der Waals surface area contributed by atoms with Gasteiger partial charge >= 0.3 is 0 Å². The maximum Gasteiger partial charge on any atom is 0.192 e. The highest BCUT2D eigenvalue weighted by atomic mass is 16.1. The van der Waals surface area contributed by atoms with E-state index < -0.39 is 0 Å². The normalized spacial score (nSPS) is 16.9. The first-order valence-electron chi connectivity index (χ1n) is 5.03. The lowest BCUT2D eigenvalue weighted by Crippen LogP contribution is -2.43. The molecule has 3 heterocycles. The predicted molar refractivity (Wildman–Crippen MR) is 57.0 cm³/mol. The number of aromatic nitrogens is 3. The molecule has 1 fully saturated rings. The molecule has 2 aromatic heterocycles. The maximum absolute atomic E-state index is 11.7. The van der Waals surface area contributed by atoms with Crippen LogP contribution in [-0.2, 0) is 0 Å². The molecule has 0 aliphatic carbocycles. The van der Waals surface area contributed by atoms with E-state index in [9.17, 15) is 4.79 Å². The highest BCUT2D eigenvalue weighted by Crippen LogP contribution is 2.16. The molecule has 5 heteroatoms. The number of nitrogens with zero attached hydrogens (tertiary/aromatic N) is 2. The summed E-state index contributed by atoms with van der Waals surface area (Å²) in [6.07, 6.45) is 1.64. The van der Waals surface area contributed by atoms with Crippen molar-refractivity contribution < 1.29 is 0 Å². The Balaban J connectivity index is 2.27. The number of aromatic amines is 1. The van der Waals surface area contributed by atoms with Crippen molar-refractivity contribution in [2.75, 3.05) is 13.1 Å². The lowest BCUT2D eigenvalue weighted by atomic mass is 10.2. The SMILES string of the molecule is Cc1cc(=O)c2cnn(C3CNC3)c2[nH]1. The zero-order valence-electron chi connectivity index (χ0n) is 8.45. The lowest BCUT2D eigenvalue weighted by Gasteiger charge is -2.27. The third-order valence-corrected chi connectivity index (χ3v) is 2.83. The van der Waals surface area contributed by atoms with Crippen LogP contribution in [0.25, 0.3) is 11.0 Å². The van der Waals surface area contributed by atoms with E-state index in [0.717, 1.165) is 24.4 Å². The van der Waals surface area contributed by atoms with Gasteiger partial charge in [0.2, 0.25) is 0 Å². The van der Waals surface area contributed by atoms with Crippen LogP contribution in [0.4, 0.5) is 0 Å². The average molecular weight is 204 g/mol. The Hall–Kier alpha value is -1.62. The number of hydrogen-bond donors (Lipinski definition) is 2. The van der Waals surface area contributed by atoms with Gasteiger partial charge in [-0.15, -0.1) is 0 Å². The molecule has 0 spiro atoms. The summed E-state index contributed by atoms with van der Waals surface area (Å²) in [5, 5.41) is 8.13. The largest absolute Gasteiger partial charge is 0.344 e. The van der Waals surface area contributed by atoms with E-state index in [1.54, 1.807) is 12.3 Å². The molecule has 1 aliphatic rings. The van der Waals surface area contributed by atoms with Crippen LogP contribution in [0.2, 0.25) is 0 Å². The molecule has 0 aromatic carbocycles. The standard InChI is InChI=1S/C10H12N4O/c1-6-2-9(15)8-5-12-14(10(8)13-6)7-3-11-4-7/h2,5,7,11H,3-4H2,1H3,(H,13,15). The van der Waals surface area contributed by atoms with E-state index in [4.69, 9.17) is 0 Å². The van der Waals surface area contributed by atoms with Crippen molar-refractivity contribution in [1.29, 1.82) is 0 Å². The fourth-order valence-corrected chi connectivity index (χ4v) is 1.89. The van der Waals surface area contributed by atoms with Crippen molar-refractivity contribution in [1.82, 2.24) is 20.1 Å². The summed E-state index contributed by atoms with van der Waals surface area (Å²) >= 11 is 0. The molecule has 0 atom stereocenters. The molecular formula is C10H12N4O. The Morgan fingerprint density at radius 3 is 3.00 bits per heavy atom. The van der Waals surface area contributed by atoms with Crippen molar-refractivity contribution >= 4 is 11.0 Å². The van der Waals surface area contributed by atoms with E-state index in [1.807, 2.05) is 11.6 Å². The van der Waals surface area contributed by atoms with Crippen LogP contribution < -0.4 is 10.7 Å². The van der Waals surface area contributed by atoms with Gasteiger partial charge in [-0.1, -0.05) is 0 Å². The minimum Gasteiger partial charge on any atom is -0.344 e. The zero-order valence-corrected chi connectivity index (χ0v) is 8.45. The van der Waals surface area contributed by atoms with Gasteiger partial charge in [0, 0.05) is 24.8 Å². The number of rotatable bonds is 1. The molecule has 78 valence electrons. The van der Waals surface area contributed by atoms with E-state index in [0.29, 0.717) is 11.4 Å². The smallest absolute Gasteiger partial charge is 0.192 e. The molecular weight excluding hydrogens is 192 g/mol. The molecule has 2 aromatic rings. The fraction of sp³-hybridized carbons (Fsp3) is 0.400. The Kier molecular flexibility index (Phi) is 1.70. The third kappa shape index (κ3) is 1.20. The molecule has 1 aliphatic heterocycles. The summed E-state index contributed by atoms with van der Waals surface area (Å²) in [4.78, 5) is 14.9. The molecule has 0 radical (unpaired) electrons. The minimum absolute atomic E-state index is 0.0415. The average Bonchev–Trinajstić information content (AvgIpc) is 2.46. The summed E-state index contributed by atoms with van der Waals surface area (Å²) in [6, 6.07) is 1.98. The second-order valence-electron chi connectivity index (χ2n) is 3.98. The molecule has 1 saturated heterocycles. The molecule has 0 bridgehead atoms. The number of nitrogens with one attached hydrogen (secondary N) is 2. The van der Waals surface area contributed by atoms with Crippen LogP contribution in [0.3, 0.4) is 0 Å². The summed E-state index contributed by atoms with van der Waals surface area (Å²) in [7, 11) is 0. The Labute approximate surface area is 86.1 Å². The first kappa shape index (κ1) is 8.67. The number of hydrogen-bond acceptors (Lipinski definition) is 3. The van der Waals surface area contributed by atoms with E-state index in [1.165, 1.54) is 0 Å². The van der Waals surface area contributed by atoms with Gasteiger partial charge in [-0.05, 0) is 6.92 Å². The predicted octanol–water partition coefficient (Wildman–Crippen LogP) is 0.177. The van der Waals surface area contributed by atoms with Crippen LogP contribution in [0, 0.1) is 6.92 Å². The van der Waals surface area contributed by atoms with Gasteiger partial charge in [0.1, 0.15) is 5.65 Å². The van der Waals surface area contributed by atoms with E-state index in [2.05, 4.69) is 15.4 Å². The molecule has 0 unspecified atom stereocenters. The lowest BCUT2D eigenvalue weighted by molar-refractivity contribution is 0.325. The zero-order chi connectivity index (χ0) is 10.4. The van der Waals surface area contributed by atoms with Gasteiger partial charge in [0.05, 0.1) is 17.6 Å². The van der Waals surface area contributed by atoms with Crippen LogP contribution >= 0.6 is 0 Å². The monoisotopic (exact) mass is 204 g/mol. The number of aryl methyl sites for hydroxylation is 1. The van der Waals surface area contributed by atoms with E-state index >= 15 is 0 Å². The molecule has 5 nitrogen and oxygen atoms in total. The number of H-pyrrole nitrogens is 1. The van der Waals surface area contributed by atoms with Crippen LogP contribution in [0.15, 0.2) is 17.1 Å². The maximum atomic E-state index is 11.7. The minimum atomic E-state index is 0.0415. The molecule has 2 N–H and O–H groups in total. The first-order chi connectivity index (χ1) is 7.25. The molecule has 0 amide bonds. The van der Waals surface area contributed by atoms with Crippen molar-refractivity contribution in [2.45, 2.75) is 13.0 Å². The molecule has 3 rings (SSSR count). The van der Waals surface area contributed by atoms with Gasteiger partial charge in [-0.2, -0.15) is 5.10 Å². The van der Waals surface area contributed by atoms with Crippen molar-refractivity contribution in [3.8, 4) is 0 Å². The number of fused-ring (bicyclic) bond motifs is 1. The Bertz CT molecular complexity index is 564. The second-order valence-corrected chi connectivity index (χ2v) is 3.98. The van der Waals surface area contributed by atoms with Crippen molar-refractivity contribution in [3.05, 3.63) is 28.2 Å². The Morgan fingerprint density at radius 2 is 2.33 bits per heavy atom. The third-order valence-electron chi connectivity index (χ3n) is 2.83. The highest BCUT2D eigenvalue weighted by Gasteiger charge is 2.22. The summed E-state index contributed by atoms with van der Waals surface area (Å²) in [5.41, 5.74) is 1.76. The van der Waals surface area contributed by atoms with Gasteiger partial charge < -0.3 is 10.3 Å². The van der Waals surface area contributed by atoms with Gasteiger partial charge in [0.25, 0.3) is 0 Å². The molecule has 0 saturated carbocycles. The van der Waals surface area contributed by atoms with Crippen LogP contribution in [0.5, 0.6) is 0 Å². The Morgan fingerprint density at radius 1 is 1.53 bits per heavy atom. The quantitative estimate of drug-likeness (QED) is 0.696. The fourth-order valence-electron chi connectivity index (χ4n) is 1.89. The number of pyridine rings is 1.